The van der Waals surface area contributed by atoms with Crippen molar-refractivity contribution < 1.29 is 23.8 Å². The van der Waals surface area contributed by atoms with E-state index in [0.29, 0.717) is 25.8 Å². The molecule has 1 heterocycles. The van der Waals surface area contributed by atoms with Gasteiger partial charge < -0.3 is 10.2 Å². The van der Waals surface area contributed by atoms with Crippen LogP contribution in [0.25, 0.3) is 0 Å². The van der Waals surface area contributed by atoms with Gasteiger partial charge in [-0.2, -0.15) is 0 Å². The minimum Gasteiger partial charge on any atom is -0.355 e. The summed E-state index contributed by atoms with van der Waals surface area (Å²) in [7, 11) is -3.21. The molecule has 3 atom stereocenters. The molecule has 2 fully saturated rings. The number of rotatable bonds is 9. The molecule has 7 nitrogen and oxygen atoms in total. The van der Waals surface area contributed by atoms with E-state index in [1.54, 1.807) is 6.92 Å². The summed E-state index contributed by atoms with van der Waals surface area (Å²) < 4.78 is 12.2. The molecule has 2 aliphatic rings. The molecule has 2 rings (SSSR count). The molecule has 0 aromatic heterocycles. The fourth-order valence-corrected chi connectivity index (χ4v) is 5.56. The average molecular weight is 414 g/mol. The molecule has 0 radical (unpaired) electrons. The lowest BCUT2D eigenvalue weighted by molar-refractivity contribution is -0.140. The van der Waals surface area contributed by atoms with Crippen molar-refractivity contribution in [3.8, 4) is 0 Å². The first-order chi connectivity index (χ1) is 13.2. The molecule has 2 unspecified atom stereocenters. The fourth-order valence-electron chi connectivity index (χ4n) is 4.12. The molecule has 8 heteroatoms. The average Bonchev–Trinajstić information content (AvgIpc) is 2.95. The van der Waals surface area contributed by atoms with Crippen LogP contribution in [0.4, 0.5) is 0 Å². The summed E-state index contributed by atoms with van der Waals surface area (Å²) in [6, 6.07) is 0. The van der Waals surface area contributed by atoms with Crippen molar-refractivity contribution in [2.75, 3.05) is 19.3 Å². The molecule has 160 valence electrons. The van der Waals surface area contributed by atoms with Crippen LogP contribution >= 0.6 is 7.37 Å². The normalized spacial score (nSPS) is 28.9. The molecule has 0 aromatic rings. The van der Waals surface area contributed by atoms with Crippen molar-refractivity contribution in [3.05, 3.63) is 0 Å². The van der Waals surface area contributed by atoms with Crippen molar-refractivity contribution in [2.45, 2.75) is 71.4 Å². The molecular weight excluding hydrogens is 379 g/mol. The molecule has 2 N–H and O–H groups in total. The first kappa shape index (κ1) is 23.1. The van der Waals surface area contributed by atoms with Crippen molar-refractivity contribution in [1.29, 1.82) is 0 Å². The Morgan fingerprint density at radius 1 is 1.25 bits per heavy atom. The van der Waals surface area contributed by atoms with E-state index in [-0.39, 0.29) is 53.8 Å². The molecule has 0 spiro atoms. The second-order valence-corrected chi connectivity index (χ2v) is 11.2. The van der Waals surface area contributed by atoms with E-state index in [0.717, 1.165) is 25.7 Å². The zero-order valence-electron chi connectivity index (χ0n) is 17.4. The Hall–Kier alpha value is -1.20. The molecule has 1 saturated heterocycles. The number of carbonyl (C=O) groups is 3. The summed E-state index contributed by atoms with van der Waals surface area (Å²) >= 11 is 0. The van der Waals surface area contributed by atoms with Gasteiger partial charge in [0, 0.05) is 43.2 Å². The largest absolute Gasteiger partial charge is 0.355 e. The van der Waals surface area contributed by atoms with Crippen molar-refractivity contribution in [1.82, 2.24) is 10.2 Å². The molecule has 0 bridgehead atoms. The Labute approximate surface area is 168 Å². The number of hydrogen-bond acceptors (Lipinski definition) is 4. The summed E-state index contributed by atoms with van der Waals surface area (Å²) in [5, 5.41) is 2.81. The monoisotopic (exact) mass is 414 g/mol. The number of imide groups is 1. The number of carbonyl (C=O) groups excluding carboxylic acids is 3. The maximum atomic E-state index is 12.4. The van der Waals surface area contributed by atoms with E-state index in [1.165, 1.54) is 4.90 Å². The highest BCUT2D eigenvalue weighted by molar-refractivity contribution is 7.58. The van der Waals surface area contributed by atoms with Gasteiger partial charge in [-0.05, 0) is 44.4 Å². The third-order valence-corrected chi connectivity index (χ3v) is 9.11. The maximum absolute atomic E-state index is 12.4. The first-order valence-electron chi connectivity index (χ1n) is 10.6. The number of nitrogens with zero attached hydrogens (tertiary/aromatic N) is 1. The molecule has 1 aliphatic carbocycles. The number of amides is 3. The highest BCUT2D eigenvalue weighted by atomic mass is 31.2. The second kappa shape index (κ2) is 10.0. The van der Waals surface area contributed by atoms with Crippen LogP contribution in [0.3, 0.4) is 0 Å². The van der Waals surface area contributed by atoms with E-state index < -0.39 is 7.37 Å². The van der Waals surface area contributed by atoms with E-state index in [2.05, 4.69) is 5.32 Å². The maximum Gasteiger partial charge on any atom is 0.232 e. The van der Waals surface area contributed by atoms with Gasteiger partial charge in [0.05, 0.1) is 0 Å². The topological polar surface area (TPSA) is 104 Å². The van der Waals surface area contributed by atoms with Crippen LogP contribution in [-0.2, 0) is 18.9 Å². The Balaban J connectivity index is 1.73. The fraction of sp³-hybridized carbons (Fsp3) is 0.850. The van der Waals surface area contributed by atoms with Crippen LogP contribution in [0.15, 0.2) is 0 Å². The second-order valence-electron chi connectivity index (χ2n) is 8.40. The molecular formula is C20H35N2O5P. The van der Waals surface area contributed by atoms with Crippen LogP contribution in [0.1, 0.15) is 65.7 Å². The molecule has 3 amide bonds. The van der Waals surface area contributed by atoms with Crippen LogP contribution in [0, 0.1) is 17.8 Å². The standard InChI is InChI=1S/C20H35N2O5P/c1-4-14(3)28(26,27)11-10-21-19(24)17-8-6-15(7-9-17)13-22-18(23)12-16(5-2)20(22)25/h14-17H,4-13H2,1-3H3,(H,21,24)(H,26,27)/t14-,15?,16?,17?/m0/s1. The quantitative estimate of drug-likeness (QED) is 0.446. The van der Waals surface area contributed by atoms with Crippen LogP contribution < -0.4 is 5.32 Å². The Morgan fingerprint density at radius 2 is 1.89 bits per heavy atom. The summed E-state index contributed by atoms with van der Waals surface area (Å²) in [5.41, 5.74) is -0.247. The van der Waals surface area contributed by atoms with E-state index >= 15 is 0 Å². The molecule has 28 heavy (non-hydrogen) atoms. The lowest BCUT2D eigenvalue weighted by Crippen LogP contribution is -2.39. The van der Waals surface area contributed by atoms with E-state index in [1.807, 2.05) is 13.8 Å². The Bertz CT molecular complexity index is 630. The third kappa shape index (κ3) is 5.66. The zero-order chi connectivity index (χ0) is 20.9. The van der Waals surface area contributed by atoms with E-state index in [9.17, 15) is 23.8 Å². The van der Waals surface area contributed by atoms with Gasteiger partial charge in [-0.3, -0.25) is 23.8 Å². The lowest BCUT2D eigenvalue weighted by atomic mass is 9.81. The summed E-state index contributed by atoms with van der Waals surface area (Å²) in [6.45, 7) is 6.29. The highest BCUT2D eigenvalue weighted by Crippen LogP contribution is 2.46. The van der Waals surface area contributed by atoms with E-state index in [4.69, 9.17) is 0 Å². The van der Waals surface area contributed by atoms with Crippen molar-refractivity contribution in [3.63, 3.8) is 0 Å². The summed E-state index contributed by atoms with van der Waals surface area (Å²) in [6.07, 6.45) is 4.88. The van der Waals surface area contributed by atoms with Crippen LogP contribution in [-0.4, -0.2) is 52.4 Å². The highest BCUT2D eigenvalue weighted by Gasteiger charge is 2.39. The molecule has 0 aromatic carbocycles. The lowest BCUT2D eigenvalue weighted by Gasteiger charge is -2.30. The minimum atomic E-state index is -3.21. The van der Waals surface area contributed by atoms with Crippen LogP contribution in [0.2, 0.25) is 0 Å². The predicted molar refractivity (Wildman–Crippen MR) is 108 cm³/mol. The van der Waals surface area contributed by atoms with Crippen LogP contribution in [0.5, 0.6) is 0 Å². The number of hydrogen-bond donors (Lipinski definition) is 2. The third-order valence-electron chi connectivity index (χ3n) is 6.50. The van der Waals surface area contributed by atoms with Gasteiger partial charge >= 0.3 is 0 Å². The van der Waals surface area contributed by atoms with Crippen molar-refractivity contribution >= 4 is 25.1 Å². The molecule has 1 aliphatic heterocycles. The van der Waals surface area contributed by atoms with Gasteiger partial charge in [0.2, 0.25) is 25.1 Å². The SMILES string of the molecule is CCC1CC(=O)N(CC2CCC(C(=O)NCCP(=O)(O)[C@@H](C)CC)CC2)C1=O. The van der Waals surface area contributed by atoms with Gasteiger partial charge in [0.15, 0.2) is 0 Å². The Morgan fingerprint density at radius 3 is 2.43 bits per heavy atom. The molecule has 1 saturated carbocycles. The predicted octanol–water partition coefficient (Wildman–Crippen LogP) is 2.76. The number of likely N-dealkylation sites (tertiary alicyclic amines) is 1. The van der Waals surface area contributed by atoms with Gasteiger partial charge in [0.25, 0.3) is 0 Å². The zero-order valence-corrected chi connectivity index (χ0v) is 18.2. The summed E-state index contributed by atoms with van der Waals surface area (Å²) in [5.74, 6) is -0.148. The number of nitrogens with one attached hydrogen (secondary N) is 1. The van der Waals surface area contributed by atoms with Gasteiger partial charge in [-0.1, -0.05) is 20.8 Å². The smallest absolute Gasteiger partial charge is 0.232 e. The van der Waals surface area contributed by atoms with Gasteiger partial charge in [0.1, 0.15) is 0 Å². The van der Waals surface area contributed by atoms with Crippen molar-refractivity contribution in [2.24, 2.45) is 17.8 Å². The van der Waals surface area contributed by atoms with Gasteiger partial charge in [-0.25, -0.2) is 0 Å². The minimum absolute atomic E-state index is 0.0397. The van der Waals surface area contributed by atoms with Gasteiger partial charge in [-0.15, -0.1) is 0 Å². The Kier molecular flexibility index (Phi) is 8.26. The first-order valence-corrected chi connectivity index (χ1v) is 12.5. The summed E-state index contributed by atoms with van der Waals surface area (Å²) in [4.78, 5) is 48.1.